The Morgan fingerprint density at radius 2 is 2.24 bits per heavy atom. The van der Waals surface area contributed by atoms with Gasteiger partial charge in [-0.3, -0.25) is 4.79 Å². The lowest BCUT2D eigenvalue weighted by Crippen LogP contribution is -2.38. The molecule has 1 N–H and O–H groups in total. The van der Waals surface area contributed by atoms with Crippen molar-refractivity contribution in [2.75, 3.05) is 18.0 Å². The minimum atomic E-state index is -0.110. The van der Waals surface area contributed by atoms with E-state index < -0.39 is 0 Å². The molecule has 5 nitrogen and oxygen atoms in total. The molecule has 0 saturated carbocycles. The molecular formula is C15H17BrN4O. The SMILES string of the molecule is Cn1ccnc1C(=O)N[C@@H]1CCN(c2ccccc2Br)C1. The highest BCUT2D eigenvalue weighted by molar-refractivity contribution is 9.10. The summed E-state index contributed by atoms with van der Waals surface area (Å²) in [6, 6.07) is 8.31. The number of aromatic nitrogens is 2. The first kappa shape index (κ1) is 14.1. The number of rotatable bonds is 3. The van der Waals surface area contributed by atoms with E-state index in [2.05, 4.69) is 37.2 Å². The largest absolute Gasteiger partial charge is 0.368 e. The van der Waals surface area contributed by atoms with Gasteiger partial charge < -0.3 is 14.8 Å². The Kier molecular flexibility index (Phi) is 3.96. The minimum Gasteiger partial charge on any atom is -0.368 e. The third-order valence-electron chi connectivity index (χ3n) is 3.74. The third kappa shape index (κ3) is 2.95. The van der Waals surface area contributed by atoms with Gasteiger partial charge in [0.25, 0.3) is 5.91 Å². The van der Waals surface area contributed by atoms with Crippen LogP contribution in [0.3, 0.4) is 0 Å². The number of hydrogen-bond acceptors (Lipinski definition) is 3. The van der Waals surface area contributed by atoms with Crippen LogP contribution in [0.25, 0.3) is 0 Å². The number of para-hydroxylation sites is 1. The number of imidazole rings is 1. The van der Waals surface area contributed by atoms with Gasteiger partial charge in [-0.1, -0.05) is 12.1 Å². The van der Waals surface area contributed by atoms with Crippen molar-refractivity contribution in [1.29, 1.82) is 0 Å². The average molecular weight is 349 g/mol. The Balaban J connectivity index is 1.64. The van der Waals surface area contributed by atoms with E-state index in [1.54, 1.807) is 17.0 Å². The van der Waals surface area contributed by atoms with Crippen LogP contribution < -0.4 is 10.2 Å². The van der Waals surface area contributed by atoms with E-state index >= 15 is 0 Å². The number of aryl methyl sites for hydroxylation is 1. The van der Waals surface area contributed by atoms with Crippen LogP contribution in [0.2, 0.25) is 0 Å². The quantitative estimate of drug-likeness (QED) is 0.924. The van der Waals surface area contributed by atoms with Crippen molar-refractivity contribution in [2.24, 2.45) is 7.05 Å². The van der Waals surface area contributed by atoms with Crippen LogP contribution in [0.5, 0.6) is 0 Å². The van der Waals surface area contributed by atoms with Crippen molar-refractivity contribution in [3.8, 4) is 0 Å². The Labute approximate surface area is 132 Å². The standard InChI is InChI=1S/C15H17BrN4O/c1-19-9-7-17-14(19)15(21)18-11-6-8-20(10-11)13-5-3-2-4-12(13)16/h2-5,7,9,11H,6,8,10H2,1H3,(H,18,21)/t11-/m1/s1. The molecule has 0 aliphatic carbocycles. The van der Waals surface area contributed by atoms with Crippen molar-refractivity contribution in [1.82, 2.24) is 14.9 Å². The monoisotopic (exact) mass is 348 g/mol. The molecule has 110 valence electrons. The van der Waals surface area contributed by atoms with E-state index in [1.165, 1.54) is 5.69 Å². The molecule has 6 heteroatoms. The molecular weight excluding hydrogens is 332 g/mol. The van der Waals surface area contributed by atoms with Crippen LogP contribution in [0.4, 0.5) is 5.69 Å². The van der Waals surface area contributed by atoms with Gasteiger partial charge in [-0.2, -0.15) is 0 Å². The summed E-state index contributed by atoms with van der Waals surface area (Å²) in [5, 5.41) is 3.06. The molecule has 0 bridgehead atoms. The zero-order valence-electron chi connectivity index (χ0n) is 11.8. The Hall–Kier alpha value is -1.82. The van der Waals surface area contributed by atoms with Gasteiger partial charge in [0.15, 0.2) is 5.82 Å². The van der Waals surface area contributed by atoms with Gasteiger partial charge >= 0.3 is 0 Å². The van der Waals surface area contributed by atoms with Crippen molar-refractivity contribution < 1.29 is 4.79 Å². The predicted molar refractivity (Wildman–Crippen MR) is 85.4 cm³/mol. The summed E-state index contributed by atoms with van der Waals surface area (Å²) in [5.74, 6) is 0.343. The number of nitrogens with zero attached hydrogens (tertiary/aromatic N) is 3. The Morgan fingerprint density at radius 1 is 1.43 bits per heavy atom. The number of nitrogens with one attached hydrogen (secondary N) is 1. The zero-order chi connectivity index (χ0) is 14.8. The lowest BCUT2D eigenvalue weighted by Gasteiger charge is -2.20. The van der Waals surface area contributed by atoms with E-state index in [0.29, 0.717) is 5.82 Å². The maximum atomic E-state index is 12.2. The van der Waals surface area contributed by atoms with Crippen LogP contribution >= 0.6 is 15.9 Å². The molecule has 0 radical (unpaired) electrons. The molecule has 1 amide bonds. The molecule has 21 heavy (non-hydrogen) atoms. The first-order valence-corrected chi connectivity index (χ1v) is 7.72. The average Bonchev–Trinajstić information content (AvgIpc) is 3.08. The molecule has 0 spiro atoms. The maximum absolute atomic E-state index is 12.2. The smallest absolute Gasteiger partial charge is 0.287 e. The first-order valence-electron chi connectivity index (χ1n) is 6.93. The summed E-state index contributed by atoms with van der Waals surface area (Å²) in [6.45, 7) is 1.76. The van der Waals surface area contributed by atoms with Crippen LogP contribution in [-0.2, 0) is 7.05 Å². The van der Waals surface area contributed by atoms with Crippen molar-refractivity contribution >= 4 is 27.5 Å². The molecule has 2 heterocycles. The molecule has 1 aromatic carbocycles. The van der Waals surface area contributed by atoms with Crippen molar-refractivity contribution in [2.45, 2.75) is 12.5 Å². The van der Waals surface area contributed by atoms with Crippen molar-refractivity contribution in [3.63, 3.8) is 0 Å². The fraction of sp³-hybridized carbons (Fsp3) is 0.333. The molecule has 3 rings (SSSR count). The van der Waals surface area contributed by atoms with E-state index in [4.69, 9.17) is 0 Å². The summed E-state index contributed by atoms with van der Waals surface area (Å²) in [6.07, 6.45) is 4.35. The summed E-state index contributed by atoms with van der Waals surface area (Å²) in [4.78, 5) is 18.5. The van der Waals surface area contributed by atoms with Crippen LogP contribution in [-0.4, -0.2) is 34.6 Å². The van der Waals surface area contributed by atoms with Crippen LogP contribution in [0, 0.1) is 0 Å². The number of carbonyl (C=O) groups excluding carboxylic acids is 1. The summed E-state index contributed by atoms with van der Waals surface area (Å²) in [5.41, 5.74) is 1.17. The third-order valence-corrected chi connectivity index (χ3v) is 4.41. The number of halogens is 1. The lowest BCUT2D eigenvalue weighted by atomic mass is 10.2. The second-order valence-corrected chi connectivity index (χ2v) is 6.07. The van der Waals surface area contributed by atoms with Gasteiger partial charge in [0.05, 0.1) is 5.69 Å². The molecule has 1 saturated heterocycles. The number of carbonyl (C=O) groups is 1. The molecule has 1 aromatic heterocycles. The summed E-state index contributed by atoms with van der Waals surface area (Å²) < 4.78 is 2.82. The fourth-order valence-electron chi connectivity index (χ4n) is 2.64. The number of anilines is 1. The molecule has 0 unspecified atom stereocenters. The molecule has 1 aliphatic heterocycles. The molecule has 2 aromatic rings. The Bertz CT molecular complexity index is 655. The van der Waals surface area contributed by atoms with E-state index in [1.807, 2.05) is 25.2 Å². The van der Waals surface area contributed by atoms with Gasteiger partial charge in [-0.25, -0.2) is 4.98 Å². The van der Waals surface area contributed by atoms with E-state index in [9.17, 15) is 4.79 Å². The molecule has 1 aliphatic rings. The maximum Gasteiger partial charge on any atom is 0.287 e. The van der Waals surface area contributed by atoms with Gasteiger partial charge in [-0.05, 0) is 34.5 Å². The predicted octanol–water partition coefficient (Wildman–Crippen LogP) is 2.19. The summed E-state index contributed by atoms with van der Waals surface area (Å²) in [7, 11) is 1.82. The Morgan fingerprint density at radius 3 is 2.95 bits per heavy atom. The number of benzene rings is 1. The second kappa shape index (κ2) is 5.89. The first-order chi connectivity index (χ1) is 10.1. The highest BCUT2D eigenvalue weighted by Gasteiger charge is 2.26. The topological polar surface area (TPSA) is 50.2 Å². The molecule has 1 fully saturated rings. The number of hydrogen-bond donors (Lipinski definition) is 1. The zero-order valence-corrected chi connectivity index (χ0v) is 13.4. The van der Waals surface area contributed by atoms with Crippen molar-refractivity contribution in [3.05, 3.63) is 47.0 Å². The van der Waals surface area contributed by atoms with E-state index in [0.717, 1.165) is 24.0 Å². The summed E-state index contributed by atoms with van der Waals surface area (Å²) >= 11 is 3.58. The van der Waals surface area contributed by atoms with Gasteiger partial charge in [0.2, 0.25) is 0 Å². The molecule has 1 atom stereocenters. The van der Waals surface area contributed by atoms with Crippen LogP contribution in [0.15, 0.2) is 41.1 Å². The highest BCUT2D eigenvalue weighted by Crippen LogP contribution is 2.28. The second-order valence-electron chi connectivity index (χ2n) is 5.22. The normalized spacial score (nSPS) is 18.0. The fourth-order valence-corrected chi connectivity index (χ4v) is 3.17. The van der Waals surface area contributed by atoms with E-state index in [-0.39, 0.29) is 11.9 Å². The van der Waals surface area contributed by atoms with Gasteiger partial charge in [-0.15, -0.1) is 0 Å². The van der Waals surface area contributed by atoms with Gasteiger partial charge in [0.1, 0.15) is 0 Å². The lowest BCUT2D eigenvalue weighted by molar-refractivity contribution is 0.0927. The highest BCUT2D eigenvalue weighted by atomic mass is 79.9. The van der Waals surface area contributed by atoms with Gasteiger partial charge in [0, 0.05) is 43.0 Å². The van der Waals surface area contributed by atoms with Crippen LogP contribution in [0.1, 0.15) is 17.0 Å². The minimum absolute atomic E-state index is 0.110. The number of amides is 1.